The molecule has 7 nitrogen and oxygen atoms in total. The lowest BCUT2D eigenvalue weighted by Gasteiger charge is -2.27. The fraction of sp³-hybridized carbons (Fsp3) is 0.348. The van der Waals surface area contributed by atoms with Gasteiger partial charge in [-0.25, -0.2) is 0 Å². The van der Waals surface area contributed by atoms with Crippen LogP contribution < -0.4 is 4.74 Å². The number of amides is 1. The molecule has 1 N–H and O–H groups in total. The first kappa shape index (κ1) is 21.5. The third-order valence-corrected chi connectivity index (χ3v) is 5.40. The van der Waals surface area contributed by atoms with Crippen LogP contribution in [0.3, 0.4) is 0 Å². The second kappa shape index (κ2) is 9.54. The third-order valence-electron chi connectivity index (χ3n) is 5.40. The molecule has 2 aromatic rings. The van der Waals surface area contributed by atoms with Crippen molar-refractivity contribution in [1.29, 1.82) is 0 Å². The number of benzene rings is 1. The summed E-state index contributed by atoms with van der Waals surface area (Å²) in [6, 6.07) is 11.4. The van der Waals surface area contributed by atoms with Crippen molar-refractivity contribution >= 4 is 17.4 Å². The average molecular weight is 409 g/mol. The molecule has 1 saturated heterocycles. The van der Waals surface area contributed by atoms with Crippen LogP contribution in [0.25, 0.3) is 5.76 Å². The number of aliphatic hydroxyl groups excluding tert-OH is 1. The summed E-state index contributed by atoms with van der Waals surface area (Å²) in [4.78, 5) is 33.9. The molecule has 0 saturated carbocycles. The molecule has 1 aromatic heterocycles. The molecule has 7 heteroatoms. The fourth-order valence-electron chi connectivity index (χ4n) is 3.67. The minimum atomic E-state index is -0.743. The zero-order valence-electron chi connectivity index (χ0n) is 17.5. The summed E-state index contributed by atoms with van der Waals surface area (Å²) in [6.45, 7) is 6.79. The second-order valence-electron chi connectivity index (χ2n) is 7.01. The second-order valence-corrected chi connectivity index (χ2v) is 7.01. The largest absolute Gasteiger partial charge is 0.507 e. The predicted octanol–water partition coefficient (Wildman–Crippen LogP) is 2.85. The summed E-state index contributed by atoms with van der Waals surface area (Å²) < 4.78 is 5.22. The molecule has 0 aliphatic carbocycles. The Morgan fingerprint density at radius 1 is 1.17 bits per heavy atom. The maximum Gasteiger partial charge on any atom is 0.295 e. The molecule has 1 aromatic carbocycles. The predicted molar refractivity (Wildman–Crippen MR) is 114 cm³/mol. The van der Waals surface area contributed by atoms with Crippen LogP contribution in [-0.4, -0.2) is 64.9 Å². The van der Waals surface area contributed by atoms with Gasteiger partial charge in [0, 0.05) is 24.8 Å². The van der Waals surface area contributed by atoms with Crippen LogP contribution in [0.2, 0.25) is 0 Å². The van der Waals surface area contributed by atoms with Gasteiger partial charge in [0.2, 0.25) is 0 Å². The quantitative estimate of drug-likeness (QED) is 0.410. The van der Waals surface area contributed by atoms with Gasteiger partial charge in [-0.2, -0.15) is 0 Å². The SMILES string of the molecule is CCN(CC)CCN1C(=O)C(=O)C(=C(O)c2cccc(OC)c2)C1c1ccccn1. The maximum absolute atomic E-state index is 13.0. The average Bonchev–Trinajstić information content (AvgIpc) is 3.04. The van der Waals surface area contributed by atoms with Crippen molar-refractivity contribution < 1.29 is 19.4 Å². The first-order chi connectivity index (χ1) is 14.5. The Balaban J connectivity index is 2.08. The van der Waals surface area contributed by atoms with Gasteiger partial charge in [0.25, 0.3) is 11.7 Å². The summed E-state index contributed by atoms with van der Waals surface area (Å²) in [6.07, 6.45) is 1.62. The van der Waals surface area contributed by atoms with Crippen LogP contribution >= 0.6 is 0 Å². The van der Waals surface area contributed by atoms with Crippen LogP contribution in [0, 0.1) is 0 Å². The van der Waals surface area contributed by atoms with Crippen molar-refractivity contribution in [3.8, 4) is 5.75 Å². The molecule has 1 amide bonds. The van der Waals surface area contributed by atoms with E-state index in [1.165, 1.54) is 12.0 Å². The lowest BCUT2D eigenvalue weighted by molar-refractivity contribution is -0.140. The molecule has 2 heterocycles. The smallest absolute Gasteiger partial charge is 0.295 e. The molecule has 0 spiro atoms. The van der Waals surface area contributed by atoms with Crippen LogP contribution in [0.4, 0.5) is 0 Å². The van der Waals surface area contributed by atoms with Crippen molar-refractivity contribution in [1.82, 2.24) is 14.8 Å². The van der Waals surface area contributed by atoms with Crippen LogP contribution in [0.5, 0.6) is 5.75 Å². The minimum absolute atomic E-state index is 0.0477. The van der Waals surface area contributed by atoms with E-state index in [0.29, 0.717) is 30.1 Å². The van der Waals surface area contributed by atoms with Gasteiger partial charge in [-0.1, -0.05) is 32.0 Å². The van der Waals surface area contributed by atoms with Crippen molar-refractivity contribution in [3.05, 3.63) is 65.5 Å². The summed E-state index contributed by atoms with van der Waals surface area (Å²) in [5.41, 5.74) is 1.00. The van der Waals surface area contributed by atoms with E-state index >= 15 is 0 Å². The summed E-state index contributed by atoms with van der Waals surface area (Å²) >= 11 is 0. The standard InChI is InChI=1S/C23H27N3O4/c1-4-25(5-2)13-14-26-20(18-11-6-7-12-24-18)19(22(28)23(26)29)21(27)16-9-8-10-17(15-16)30-3/h6-12,15,20,27H,4-5,13-14H2,1-3H3. The Hall–Kier alpha value is -3.19. The highest BCUT2D eigenvalue weighted by atomic mass is 16.5. The van der Waals surface area contributed by atoms with Gasteiger partial charge in [0.05, 0.1) is 18.4 Å². The molecular weight excluding hydrogens is 382 g/mol. The molecule has 3 rings (SSSR count). The van der Waals surface area contributed by atoms with Gasteiger partial charge in [-0.3, -0.25) is 14.6 Å². The lowest BCUT2D eigenvalue weighted by atomic mass is 9.98. The number of likely N-dealkylation sites (tertiary alicyclic amines) is 1. The Morgan fingerprint density at radius 2 is 1.93 bits per heavy atom. The highest BCUT2D eigenvalue weighted by Gasteiger charge is 2.46. The molecule has 158 valence electrons. The van der Waals surface area contributed by atoms with E-state index in [4.69, 9.17) is 4.74 Å². The van der Waals surface area contributed by atoms with Crippen molar-refractivity contribution in [2.75, 3.05) is 33.3 Å². The number of aliphatic hydroxyl groups is 1. The molecule has 1 atom stereocenters. The molecule has 0 bridgehead atoms. The molecule has 1 unspecified atom stereocenters. The van der Waals surface area contributed by atoms with Gasteiger partial charge in [0.15, 0.2) is 0 Å². The number of nitrogens with zero attached hydrogens (tertiary/aromatic N) is 3. The van der Waals surface area contributed by atoms with Crippen molar-refractivity contribution in [2.45, 2.75) is 19.9 Å². The number of likely N-dealkylation sites (N-methyl/N-ethyl adjacent to an activating group) is 1. The van der Waals surface area contributed by atoms with Gasteiger partial charge in [0.1, 0.15) is 17.6 Å². The van der Waals surface area contributed by atoms with Gasteiger partial charge in [-0.15, -0.1) is 0 Å². The van der Waals surface area contributed by atoms with E-state index in [9.17, 15) is 14.7 Å². The number of hydrogen-bond acceptors (Lipinski definition) is 6. The number of hydrogen-bond donors (Lipinski definition) is 1. The Morgan fingerprint density at radius 3 is 2.57 bits per heavy atom. The number of carbonyl (C=O) groups excluding carboxylic acids is 2. The van der Waals surface area contributed by atoms with Crippen molar-refractivity contribution in [3.63, 3.8) is 0 Å². The van der Waals surface area contributed by atoms with Crippen LogP contribution in [0.1, 0.15) is 31.1 Å². The third kappa shape index (κ3) is 4.21. The Bertz CT molecular complexity index is 938. The number of Topliss-reactive ketones (excluding diaryl/α,β-unsaturated/α-hetero) is 1. The minimum Gasteiger partial charge on any atom is -0.507 e. The summed E-state index contributed by atoms with van der Waals surface area (Å²) in [5, 5.41) is 11.0. The van der Waals surface area contributed by atoms with E-state index in [2.05, 4.69) is 23.7 Å². The molecule has 0 radical (unpaired) electrons. The van der Waals surface area contributed by atoms with E-state index in [1.807, 2.05) is 0 Å². The fourth-order valence-corrected chi connectivity index (χ4v) is 3.67. The highest BCUT2D eigenvalue weighted by molar-refractivity contribution is 6.46. The number of ether oxygens (including phenoxy) is 1. The van der Waals surface area contributed by atoms with E-state index in [1.54, 1.807) is 48.7 Å². The number of methoxy groups -OCH3 is 1. The van der Waals surface area contributed by atoms with Gasteiger partial charge in [-0.05, 0) is 37.4 Å². The van der Waals surface area contributed by atoms with E-state index in [-0.39, 0.29) is 11.3 Å². The topological polar surface area (TPSA) is 83.0 Å². The Labute approximate surface area is 176 Å². The molecule has 1 aliphatic heterocycles. The van der Waals surface area contributed by atoms with E-state index < -0.39 is 17.7 Å². The first-order valence-electron chi connectivity index (χ1n) is 10.1. The molecule has 1 aliphatic rings. The maximum atomic E-state index is 13.0. The first-order valence-corrected chi connectivity index (χ1v) is 10.1. The number of pyridine rings is 1. The number of rotatable bonds is 8. The Kier molecular flexibility index (Phi) is 6.84. The van der Waals surface area contributed by atoms with Gasteiger partial charge < -0.3 is 19.6 Å². The zero-order valence-corrected chi connectivity index (χ0v) is 17.5. The number of aromatic nitrogens is 1. The zero-order chi connectivity index (χ0) is 21.7. The normalized spacial score (nSPS) is 18.3. The summed E-state index contributed by atoms with van der Waals surface area (Å²) in [5.74, 6) is -1.01. The van der Waals surface area contributed by atoms with Crippen LogP contribution in [-0.2, 0) is 9.59 Å². The monoisotopic (exact) mass is 409 g/mol. The summed E-state index contributed by atoms with van der Waals surface area (Å²) in [7, 11) is 1.53. The molecule has 30 heavy (non-hydrogen) atoms. The molecular formula is C23H27N3O4. The number of carbonyl (C=O) groups is 2. The molecule has 1 fully saturated rings. The van der Waals surface area contributed by atoms with Crippen LogP contribution in [0.15, 0.2) is 54.2 Å². The lowest BCUT2D eigenvalue weighted by Crippen LogP contribution is -2.38. The van der Waals surface area contributed by atoms with Gasteiger partial charge >= 0.3 is 0 Å². The number of ketones is 1. The van der Waals surface area contributed by atoms with E-state index in [0.717, 1.165) is 13.1 Å². The highest BCUT2D eigenvalue weighted by Crippen LogP contribution is 2.38. The van der Waals surface area contributed by atoms with Crippen molar-refractivity contribution in [2.24, 2.45) is 0 Å².